The van der Waals surface area contributed by atoms with Crippen LogP contribution in [-0.2, 0) is 9.59 Å². The van der Waals surface area contributed by atoms with Crippen molar-refractivity contribution in [3.8, 4) is 0 Å². The van der Waals surface area contributed by atoms with E-state index in [9.17, 15) is 9.59 Å². The highest BCUT2D eigenvalue weighted by Crippen LogP contribution is 2.21. The molecule has 0 bridgehead atoms. The number of allylic oxidation sites excluding steroid dienone is 2. The second-order valence-electron chi connectivity index (χ2n) is 3.45. The minimum atomic E-state index is -0.0874. The van der Waals surface area contributed by atoms with Crippen LogP contribution < -0.4 is 5.32 Å². The maximum Gasteiger partial charge on any atom is 0.243 e. The minimum absolute atomic E-state index is 0.000000000000000222. The lowest BCUT2D eigenvalue weighted by molar-refractivity contribution is -0.118. The molecule has 1 aliphatic heterocycles. The van der Waals surface area contributed by atoms with Crippen molar-refractivity contribution in [2.45, 2.75) is 18.9 Å². The van der Waals surface area contributed by atoms with Gasteiger partial charge in [-0.25, -0.2) is 0 Å². The lowest BCUT2D eigenvalue weighted by Crippen LogP contribution is -2.40. The molecule has 1 amide bonds. The fourth-order valence-electron chi connectivity index (χ4n) is 1.77. The SMILES string of the molecule is O=C1C=CC2CC=CC(=O)NC2C1. The summed E-state index contributed by atoms with van der Waals surface area (Å²) in [4.78, 5) is 22.2. The highest BCUT2D eigenvalue weighted by Gasteiger charge is 2.26. The van der Waals surface area contributed by atoms with Crippen molar-refractivity contribution in [2.24, 2.45) is 5.92 Å². The smallest absolute Gasteiger partial charge is 0.243 e. The number of carbonyl (C=O) groups excluding carboxylic acids is 2. The van der Waals surface area contributed by atoms with Gasteiger partial charge in [0, 0.05) is 18.4 Å². The predicted molar refractivity (Wildman–Crippen MR) is 47.9 cm³/mol. The van der Waals surface area contributed by atoms with Crippen molar-refractivity contribution in [3.63, 3.8) is 0 Å². The Kier molecular flexibility index (Phi) is 2.00. The zero-order valence-corrected chi connectivity index (χ0v) is 7.19. The van der Waals surface area contributed by atoms with E-state index in [0.29, 0.717) is 12.3 Å². The third-order valence-electron chi connectivity index (χ3n) is 2.47. The Morgan fingerprint density at radius 1 is 1.31 bits per heavy atom. The normalized spacial score (nSPS) is 32.3. The molecule has 2 rings (SSSR count). The summed E-state index contributed by atoms with van der Waals surface area (Å²) in [6, 6.07) is -0.000000000000000222. The molecule has 1 aliphatic carbocycles. The van der Waals surface area contributed by atoms with E-state index in [1.165, 1.54) is 6.08 Å². The molecule has 13 heavy (non-hydrogen) atoms. The van der Waals surface area contributed by atoms with Crippen LogP contribution in [0.3, 0.4) is 0 Å². The molecule has 2 aliphatic rings. The molecule has 0 aromatic heterocycles. The second-order valence-corrected chi connectivity index (χ2v) is 3.45. The number of carbonyl (C=O) groups is 2. The molecule has 1 heterocycles. The van der Waals surface area contributed by atoms with E-state index in [0.717, 1.165) is 6.42 Å². The average Bonchev–Trinajstić information content (AvgIpc) is 2.25. The molecular formula is C10H11NO2. The molecule has 0 aromatic rings. The molecule has 3 nitrogen and oxygen atoms in total. The lowest BCUT2D eigenvalue weighted by atomic mass is 9.88. The van der Waals surface area contributed by atoms with Crippen LogP contribution in [0.25, 0.3) is 0 Å². The van der Waals surface area contributed by atoms with Crippen LogP contribution >= 0.6 is 0 Å². The van der Waals surface area contributed by atoms with Gasteiger partial charge >= 0.3 is 0 Å². The molecule has 1 N–H and O–H groups in total. The van der Waals surface area contributed by atoms with Crippen molar-refractivity contribution in [2.75, 3.05) is 0 Å². The van der Waals surface area contributed by atoms with E-state index in [1.807, 2.05) is 12.2 Å². The lowest BCUT2D eigenvalue weighted by Gasteiger charge is -2.24. The van der Waals surface area contributed by atoms with Crippen molar-refractivity contribution < 1.29 is 9.59 Å². The van der Waals surface area contributed by atoms with E-state index in [-0.39, 0.29) is 17.7 Å². The van der Waals surface area contributed by atoms with Gasteiger partial charge in [0.2, 0.25) is 5.91 Å². The topological polar surface area (TPSA) is 46.2 Å². The van der Waals surface area contributed by atoms with Crippen LogP contribution in [-0.4, -0.2) is 17.7 Å². The van der Waals surface area contributed by atoms with Crippen LogP contribution in [0.15, 0.2) is 24.3 Å². The molecule has 0 fully saturated rings. The minimum Gasteiger partial charge on any atom is -0.349 e. The number of hydrogen-bond acceptors (Lipinski definition) is 2. The van der Waals surface area contributed by atoms with Crippen LogP contribution in [0.2, 0.25) is 0 Å². The molecular weight excluding hydrogens is 166 g/mol. The van der Waals surface area contributed by atoms with Gasteiger partial charge in [0.1, 0.15) is 0 Å². The average molecular weight is 177 g/mol. The standard InChI is InChI=1S/C10H11NO2/c12-8-5-4-7-2-1-3-10(13)11-9(7)6-8/h1,3-5,7,9H,2,6H2,(H,11,13). The predicted octanol–water partition coefficient (Wildman–Crippen LogP) is 0.576. The summed E-state index contributed by atoms with van der Waals surface area (Å²) in [5, 5.41) is 2.81. The summed E-state index contributed by atoms with van der Waals surface area (Å²) >= 11 is 0. The molecule has 2 unspecified atom stereocenters. The number of fused-ring (bicyclic) bond motifs is 1. The molecule has 0 saturated carbocycles. The van der Waals surface area contributed by atoms with Crippen LogP contribution in [0, 0.1) is 5.92 Å². The highest BCUT2D eigenvalue weighted by molar-refractivity contribution is 5.93. The largest absolute Gasteiger partial charge is 0.349 e. The third-order valence-corrected chi connectivity index (χ3v) is 2.47. The first-order chi connectivity index (χ1) is 6.25. The van der Waals surface area contributed by atoms with Crippen LogP contribution in [0.4, 0.5) is 0 Å². The van der Waals surface area contributed by atoms with Crippen molar-refractivity contribution in [1.29, 1.82) is 0 Å². The summed E-state index contributed by atoms with van der Waals surface area (Å²) in [6.45, 7) is 0. The Labute approximate surface area is 76.5 Å². The first-order valence-corrected chi connectivity index (χ1v) is 4.44. The van der Waals surface area contributed by atoms with Gasteiger partial charge in [-0.2, -0.15) is 0 Å². The first-order valence-electron chi connectivity index (χ1n) is 4.44. The van der Waals surface area contributed by atoms with Gasteiger partial charge < -0.3 is 5.32 Å². The van der Waals surface area contributed by atoms with Crippen molar-refractivity contribution in [3.05, 3.63) is 24.3 Å². The van der Waals surface area contributed by atoms with Crippen LogP contribution in [0.1, 0.15) is 12.8 Å². The zero-order valence-electron chi connectivity index (χ0n) is 7.19. The Balaban J connectivity index is 2.19. The monoisotopic (exact) mass is 177 g/mol. The molecule has 0 radical (unpaired) electrons. The van der Waals surface area contributed by atoms with E-state index in [4.69, 9.17) is 0 Å². The zero-order chi connectivity index (χ0) is 9.26. The Morgan fingerprint density at radius 3 is 3.00 bits per heavy atom. The number of amides is 1. The van der Waals surface area contributed by atoms with Gasteiger partial charge in [-0.1, -0.05) is 12.2 Å². The van der Waals surface area contributed by atoms with Gasteiger partial charge in [-0.15, -0.1) is 0 Å². The molecule has 2 atom stereocenters. The van der Waals surface area contributed by atoms with Gasteiger partial charge in [-0.05, 0) is 18.6 Å². The second kappa shape index (κ2) is 3.17. The Bertz CT molecular complexity index is 304. The molecule has 3 heteroatoms. The van der Waals surface area contributed by atoms with Gasteiger partial charge in [0.15, 0.2) is 5.78 Å². The summed E-state index contributed by atoms with van der Waals surface area (Å²) in [6.07, 6.45) is 8.19. The summed E-state index contributed by atoms with van der Waals surface area (Å²) in [7, 11) is 0. The van der Waals surface area contributed by atoms with E-state index in [1.54, 1.807) is 6.08 Å². The number of nitrogens with one attached hydrogen (secondary N) is 1. The van der Waals surface area contributed by atoms with E-state index < -0.39 is 0 Å². The first kappa shape index (κ1) is 8.23. The fraction of sp³-hybridized carbons (Fsp3) is 0.400. The van der Waals surface area contributed by atoms with Crippen molar-refractivity contribution in [1.82, 2.24) is 5.32 Å². The maximum absolute atomic E-state index is 11.1. The Hall–Kier alpha value is -1.38. The van der Waals surface area contributed by atoms with Crippen LogP contribution in [0.5, 0.6) is 0 Å². The number of rotatable bonds is 0. The molecule has 0 aromatic carbocycles. The summed E-state index contributed by atoms with van der Waals surface area (Å²) in [5.41, 5.74) is 0. The third kappa shape index (κ3) is 1.69. The van der Waals surface area contributed by atoms with Gasteiger partial charge in [0.05, 0.1) is 0 Å². The van der Waals surface area contributed by atoms with Crippen molar-refractivity contribution >= 4 is 11.7 Å². The molecule has 68 valence electrons. The molecule has 0 saturated heterocycles. The molecule has 0 spiro atoms. The van der Waals surface area contributed by atoms with E-state index >= 15 is 0 Å². The number of hydrogen-bond donors (Lipinski definition) is 1. The quantitative estimate of drug-likeness (QED) is 0.588. The maximum atomic E-state index is 11.1. The fourth-order valence-corrected chi connectivity index (χ4v) is 1.77. The van der Waals surface area contributed by atoms with Gasteiger partial charge in [0.25, 0.3) is 0 Å². The van der Waals surface area contributed by atoms with Gasteiger partial charge in [-0.3, -0.25) is 9.59 Å². The Morgan fingerprint density at radius 2 is 2.15 bits per heavy atom. The van der Waals surface area contributed by atoms with E-state index in [2.05, 4.69) is 5.32 Å². The summed E-state index contributed by atoms with van der Waals surface area (Å²) < 4.78 is 0. The summed E-state index contributed by atoms with van der Waals surface area (Å²) in [5.74, 6) is 0.305. The highest BCUT2D eigenvalue weighted by atomic mass is 16.1. The number of ketones is 1.